The summed E-state index contributed by atoms with van der Waals surface area (Å²) in [4.78, 5) is 35.5. The van der Waals surface area contributed by atoms with Crippen LogP contribution in [0.1, 0.15) is 58.4 Å². The van der Waals surface area contributed by atoms with Gasteiger partial charge in [0.2, 0.25) is 11.8 Å². The lowest BCUT2D eigenvalue weighted by Crippen LogP contribution is -2.38. The van der Waals surface area contributed by atoms with Crippen molar-refractivity contribution in [1.82, 2.24) is 5.32 Å². The lowest BCUT2D eigenvalue weighted by atomic mass is 9.85. The number of carbonyl (C=O) groups excluding carboxylic acids is 2. The third-order valence-corrected chi connectivity index (χ3v) is 5.03. The topological polar surface area (TPSA) is 95.5 Å². The van der Waals surface area contributed by atoms with E-state index >= 15 is 0 Å². The monoisotopic (exact) mass is 360 g/mol. The number of benzene rings is 1. The van der Waals surface area contributed by atoms with Crippen LogP contribution in [0.2, 0.25) is 0 Å². The Hall–Kier alpha value is -2.37. The van der Waals surface area contributed by atoms with E-state index in [1.807, 2.05) is 6.92 Å². The Morgan fingerprint density at radius 2 is 1.73 bits per heavy atom. The highest BCUT2D eigenvalue weighted by atomic mass is 16.4. The van der Waals surface area contributed by atoms with Crippen molar-refractivity contribution in [3.8, 4) is 0 Å². The van der Waals surface area contributed by atoms with Crippen LogP contribution >= 0.6 is 0 Å². The second-order valence-electron chi connectivity index (χ2n) is 7.65. The number of anilines is 1. The number of hydrogen-bond donors (Lipinski definition) is 3. The molecule has 1 aliphatic rings. The smallest absolute Gasteiger partial charge is 0.313 e. The van der Waals surface area contributed by atoms with Gasteiger partial charge in [0.05, 0.1) is 5.41 Å². The number of amides is 2. The van der Waals surface area contributed by atoms with Crippen molar-refractivity contribution >= 4 is 23.5 Å². The molecule has 2 rings (SSSR count). The van der Waals surface area contributed by atoms with Gasteiger partial charge in [0.15, 0.2) is 0 Å². The Morgan fingerprint density at radius 1 is 1.15 bits per heavy atom. The molecule has 0 heterocycles. The summed E-state index contributed by atoms with van der Waals surface area (Å²) in [6, 6.07) is 6.57. The first-order valence-electron chi connectivity index (χ1n) is 9.14. The zero-order valence-corrected chi connectivity index (χ0v) is 15.7. The molecule has 6 heteroatoms. The molecule has 3 N–H and O–H groups in total. The van der Waals surface area contributed by atoms with Crippen LogP contribution in [0.15, 0.2) is 24.3 Å². The van der Waals surface area contributed by atoms with Crippen LogP contribution in [0, 0.1) is 5.92 Å². The van der Waals surface area contributed by atoms with E-state index in [1.165, 1.54) is 0 Å². The van der Waals surface area contributed by atoms with Crippen molar-refractivity contribution in [1.29, 1.82) is 0 Å². The fraction of sp³-hybridized carbons (Fsp3) is 0.550. The molecular formula is C20H28N2O4. The van der Waals surface area contributed by atoms with Gasteiger partial charge in [0, 0.05) is 24.1 Å². The quantitative estimate of drug-likeness (QED) is 0.696. The van der Waals surface area contributed by atoms with E-state index in [2.05, 4.69) is 10.6 Å². The van der Waals surface area contributed by atoms with Crippen LogP contribution < -0.4 is 10.6 Å². The van der Waals surface area contributed by atoms with Gasteiger partial charge in [-0.05, 0) is 51.3 Å². The van der Waals surface area contributed by atoms with Crippen molar-refractivity contribution < 1.29 is 19.5 Å². The van der Waals surface area contributed by atoms with Crippen molar-refractivity contribution in [3.63, 3.8) is 0 Å². The van der Waals surface area contributed by atoms with Crippen molar-refractivity contribution in [3.05, 3.63) is 29.8 Å². The van der Waals surface area contributed by atoms with Gasteiger partial charge in [-0.25, -0.2) is 0 Å². The van der Waals surface area contributed by atoms with E-state index in [4.69, 9.17) is 0 Å². The molecule has 1 unspecified atom stereocenters. The fourth-order valence-corrected chi connectivity index (χ4v) is 3.18. The molecule has 1 saturated carbocycles. The Kier molecular flexibility index (Phi) is 6.40. The van der Waals surface area contributed by atoms with E-state index in [-0.39, 0.29) is 30.2 Å². The standard InChI is InChI=1S/C20H28N2O4/c1-13(21-18(24)14-6-4-5-7-14)12-17(23)22-16-10-8-15(9-11-16)20(2,3)19(25)26/h8-11,13-14H,4-7,12H2,1-3H3,(H,21,24)(H,22,23)(H,25,26). The van der Waals surface area contributed by atoms with Gasteiger partial charge < -0.3 is 15.7 Å². The van der Waals surface area contributed by atoms with Gasteiger partial charge in [-0.2, -0.15) is 0 Å². The molecule has 0 bridgehead atoms. The van der Waals surface area contributed by atoms with Crippen LogP contribution in [-0.4, -0.2) is 28.9 Å². The summed E-state index contributed by atoms with van der Waals surface area (Å²) in [7, 11) is 0. The lowest BCUT2D eigenvalue weighted by molar-refractivity contribution is -0.142. The van der Waals surface area contributed by atoms with Gasteiger partial charge in [0.1, 0.15) is 0 Å². The zero-order valence-electron chi connectivity index (χ0n) is 15.7. The van der Waals surface area contributed by atoms with E-state index in [1.54, 1.807) is 38.1 Å². The third kappa shape index (κ3) is 5.07. The molecular weight excluding hydrogens is 332 g/mol. The predicted molar refractivity (Wildman–Crippen MR) is 99.9 cm³/mol. The van der Waals surface area contributed by atoms with Crippen molar-refractivity contribution in [2.45, 2.75) is 64.3 Å². The largest absolute Gasteiger partial charge is 0.481 e. The first-order chi connectivity index (χ1) is 12.2. The van der Waals surface area contributed by atoms with Crippen LogP contribution in [0.3, 0.4) is 0 Å². The van der Waals surface area contributed by atoms with E-state index in [0.717, 1.165) is 25.7 Å². The summed E-state index contributed by atoms with van der Waals surface area (Å²) >= 11 is 0. The van der Waals surface area contributed by atoms with Gasteiger partial charge >= 0.3 is 5.97 Å². The third-order valence-electron chi connectivity index (χ3n) is 5.03. The number of carboxylic acids is 1. The first-order valence-corrected chi connectivity index (χ1v) is 9.14. The second-order valence-corrected chi connectivity index (χ2v) is 7.65. The van der Waals surface area contributed by atoms with E-state index in [9.17, 15) is 19.5 Å². The molecule has 0 aromatic heterocycles. The van der Waals surface area contributed by atoms with Crippen LogP contribution in [0.5, 0.6) is 0 Å². The maximum Gasteiger partial charge on any atom is 0.313 e. The molecule has 1 aromatic rings. The molecule has 0 aliphatic heterocycles. The highest BCUT2D eigenvalue weighted by molar-refractivity contribution is 5.91. The van der Waals surface area contributed by atoms with Gasteiger partial charge in [-0.1, -0.05) is 25.0 Å². The number of carbonyl (C=O) groups is 3. The Bertz CT molecular complexity index is 661. The van der Waals surface area contributed by atoms with Crippen LogP contribution in [-0.2, 0) is 19.8 Å². The summed E-state index contributed by atoms with van der Waals surface area (Å²) in [6.45, 7) is 5.10. The Balaban J connectivity index is 1.85. The van der Waals surface area contributed by atoms with Gasteiger partial charge in [-0.3, -0.25) is 14.4 Å². The van der Waals surface area contributed by atoms with Gasteiger partial charge in [0.25, 0.3) is 0 Å². The van der Waals surface area contributed by atoms with E-state index < -0.39 is 11.4 Å². The second kappa shape index (κ2) is 8.34. The zero-order chi connectivity index (χ0) is 19.3. The van der Waals surface area contributed by atoms with Crippen molar-refractivity contribution in [2.75, 3.05) is 5.32 Å². The minimum Gasteiger partial charge on any atom is -0.481 e. The molecule has 0 radical (unpaired) electrons. The first kappa shape index (κ1) is 19.9. The van der Waals surface area contributed by atoms with Crippen molar-refractivity contribution in [2.24, 2.45) is 5.92 Å². The minimum atomic E-state index is -0.985. The summed E-state index contributed by atoms with van der Waals surface area (Å²) in [5.41, 5.74) is 0.288. The molecule has 26 heavy (non-hydrogen) atoms. The van der Waals surface area contributed by atoms with E-state index in [0.29, 0.717) is 11.3 Å². The molecule has 2 amide bonds. The molecule has 6 nitrogen and oxygen atoms in total. The summed E-state index contributed by atoms with van der Waals surface area (Å²) in [6.07, 6.45) is 4.26. The molecule has 1 fully saturated rings. The average Bonchev–Trinajstić information content (AvgIpc) is 3.09. The highest BCUT2D eigenvalue weighted by Gasteiger charge is 2.29. The van der Waals surface area contributed by atoms with Crippen LogP contribution in [0.25, 0.3) is 0 Å². The predicted octanol–water partition coefficient (Wildman–Crippen LogP) is 3.07. The number of rotatable bonds is 7. The minimum absolute atomic E-state index is 0.0445. The summed E-state index contributed by atoms with van der Waals surface area (Å²) < 4.78 is 0. The Labute approximate surface area is 154 Å². The number of nitrogens with one attached hydrogen (secondary N) is 2. The maximum absolute atomic E-state index is 12.2. The number of carboxylic acid groups (broad SMARTS) is 1. The lowest BCUT2D eigenvalue weighted by Gasteiger charge is -2.20. The summed E-state index contributed by atoms with van der Waals surface area (Å²) in [5.74, 6) is -0.954. The molecule has 1 atom stereocenters. The summed E-state index contributed by atoms with van der Waals surface area (Å²) in [5, 5.41) is 15.0. The highest BCUT2D eigenvalue weighted by Crippen LogP contribution is 2.26. The van der Waals surface area contributed by atoms with Crippen LogP contribution in [0.4, 0.5) is 5.69 Å². The number of hydrogen-bond acceptors (Lipinski definition) is 3. The normalized spacial score (nSPS) is 16.1. The molecule has 1 aromatic carbocycles. The molecule has 0 saturated heterocycles. The molecule has 1 aliphatic carbocycles. The fourth-order valence-electron chi connectivity index (χ4n) is 3.18. The average molecular weight is 360 g/mol. The Morgan fingerprint density at radius 3 is 2.27 bits per heavy atom. The number of aliphatic carboxylic acids is 1. The molecule has 142 valence electrons. The van der Waals surface area contributed by atoms with Gasteiger partial charge in [-0.15, -0.1) is 0 Å². The maximum atomic E-state index is 12.2. The molecule has 0 spiro atoms. The SMILES string of the molecule is CC(CC(=O)Nc1ccc(C(C)(C)C(=O)O)cc1)NC(=O)C1CCCC1.